The Hall–Kier alpha value is -2.64. The van der Waals surface area contributed by atoms with Crippen LogP contribution < -0.4 is 5.32 Å². The van der Waals surface area contributed by atoms with E-state index in [0.29, 0.717) is 19.6 Å². The molecule has 148 valence electrons. The molecule has 1 aliphatic rings. The van der Waals surface area contributed by atoms with Crippen LogP contribution in [0.15, 0.2) is 18.2 Å². The number of aromatic nitrogens is 1. The summed E-state index contributed by atoms with van der Waals surface area (Å²) in [5.74, 6) is -0.676. The molecule has 1 aromatic heterocycles. The van der Waals surface area contributed by atoms with Gasteiger partial charge in [-0.15, -0.1) is 0 Å². The predicted molar refractivity (Wildman–Crippen MR) is 98.4 cm³/mol. The minimum Gasteiger partial charge on any atom is -0.464 e. The number of piperidine rings is 1. The molecule has 1 saturated heterocycles. The number of esters is 1. The van der Waals surface area contributed by atoms with Gasteiger partial charge >= 0.3 is 12.1 Å². The monoisotopic (exact) mass is 377 g/mol. The summed E-state index contributed by atoms with van der Waals surface area (Å²) >= 11 is 0. The summed E-state index contributed by atoms with van der Waals surface area (Å²) in [5, 5.41) is 2.76. The summed E-state index contributed by atoms with van der Waals surface area (Å²) in [5.41, 5.74) is -0.239. The highest BCUT2D eigenvalue weighted by molar-refractivity contribution is 5.94. The molecular weight excluding hydrogens is 350 g/mol. The van der Waals surface area contributed by atoms with E-state index in [1.54, 1.807) is 17.0 Å². The second-order valence-corrected chi connectivity index (χ2v) is 7.54. The number of amides is 2. The first-order valence-corrected chi connectivity index (χ1v) is 9.01. The fraction of sp³-hybridized carbons (Fsp3) is 0.579. The molecule has 0 spiro atoms. The normalized spacial score (nSPS) is 17.2. The molecule has 2 heterocycles. The first kappa shape index (κ1) is 20.7. The lowest BCUT2D eigenvalue weighted by molar-refractivity contribution is 0.0501. The molecule has 0 radical (unpaired) electrons. The third-order valence-electron chi connectivity index (χ3n) is 4.10. The number of hydrogen-bond acceptors (Lipinski definition) is 6. The second-order valence-electron chi connectivity index (χ2n) is 7.54. The molecule has 0 unspecified atom stereocenters. The lowest BCUT2D eigenvalue weighted by Crippen LogP contribution is -2.44. The van der Waals surface area contributed by atoms with Crippen molar-refractivity contribution in [2.24, 2.45) is 5.92 Å². The zero-order valence-corrected chi connectivity index (χ0v) is 16.3. The van der Waals surface area contributed by atoms with Crippen molar-refractivity contribution in [3.63, 3.8) is 0 Å². The minimum absolute atomic E-state index is 0.100. The van der Waals surface area contributed by atoms with Crippen LogP contribution in [0.3, 0.4) is 0 Å². The summed E-state index contributed by atoms with van der Waals surface area (Å²) in [4.78, 5) is 41.9. The average molecular weight is 377 g/mol. The second kappa shape index (κ2) is 8.83. The Bertz CT molecular complexity index is 699. The number of carbonyl (C=O) groups is 3. The summed E-state index contributed by atoms with van der Waals surface area (Å²) < 4.78 is 9.88. The van der Waals surface area contributed by atoms with Gasteiger partial charge in [-0.1, -0.05) is 6.07 Å². The van der Waals surface area contributed by atoms with E-state index in [-0.39, 0.29) is 23.2 Å². The molecule has 0 bridgehead atoms. The molecule has 0 aromatic carbocycles. The number of methoxy groups -OCH3 is 1. The van der Waals surface area contributed by atoms with Crippen molar-refractivity contribution in [1.82, 2.24) is 15.2 Å². The van der Waals surface area contributed by atoms with E-state index >= 15 is 0 Å². The smallest absolute Gasteiger partial charge is 0.407 e. The number of alkyl carbamates (subject to hydrolysis) is 1. The van der Waals surface area contributed by atoms with Crippen molar-refractivity contribution in [2.45, 2.75) is 39.2 Å². The summed E-state index contributed by atoms with van der Waals surface area (Å²) in [6.07, 6.45) is 1.29. The van der Waals surface area contributed by atoms with Crippen LogP contribution >= 0.6 is 0 Å². The first-order chi connectivity index (χ1) is 12.7. The fourth-order valence-electron chi connectivity index (χ4n) is 2.89. The Morgan fingerprint density at radius 3 is 2.63 bits per heavy atom. The van der Waals surface area contributed by atoms with Crippen LogP contribution in [0.4, 0.5) is 4.79 Å². The van der Waals surface area contributed by atoms with Gasteiger partial charge in [0, 0.05) is 19.6 Å². The molecular formula is C19H27N3O5. The number of pyridine rings is 1. The lowest BCUT2D eigenvalue weighted by Gasteiger charge is -2.32. The van der Waals surface area contributed by atoms with E-state index < -0.39 is 17.7 Å². The molecule has 8 nitrogen and oxygen atoms in total. The predicted octanol–water partition coefficient (Wildman–Crippen LogP) is 2.25. The topological polar surface area (TPSA) is 97.8 Å². The number of carbonyl (C=O) groups excluding carboxylic acids is 3. The van der Waals surface area contributed by atoms with E-state index in [4.69, 9.17) is 4.74 Å². The maximum atomic E-state index is 12.7. The van der Waals surface area contributed by atoms with Crippen molar-refractivity contribution in [1.29, 1.82) is 0 Å². The Kier molecular flexibility index (Phi) is 6.76. The Morgan fingerprint density at radius 1 is 1.26 bits per heavy atom. The summed E-state index contributed by atoms with van der Waals surface area (Å²) in [6, 6.07) is 4.70. The molecule has 27 heavy (non-hydrogen) atoms. The van der Waals surface area contributed by atoms with Crippen LogP contribution in [0.1, 0.15) is 54.6 Å². The molecule has 8 heteroatoms. The van der Waals surface area contributed by atoms with Gasteiger partial charge in [-0.25, -0.2) is 14.6 Å². The molecule has 0 saturated carbocycles. The Balaban J connectivity index is 1.94. The van der Waals surface area contributed by atoms with Gasteiger partial charge in [0.1, 0.15) is 17.0 Å². The van der Waals surface area contributed by atoms with Crippen molar-refractivity contribution in [3.05, 3.63) is 29.6 Å². The van der Waals surface area contributed by atoms with Crippen LogP contribution in [-0.2, 0) is 9.47 Å². The zero-order chi connectivity index (χ0) is 20.0. The quantitative estimate of drug-likeness (QED) is 0.808. The molecule has 1 N–H and O–H groups in total. The number of nitrogens with one attached hydrogen (secondary N) is 1. The highest BCUT2D eigenvalue weighted by Crippen LogP contribution is 2.18. The van der Waals surface area contributed by atoms with Crippen LogP contribution in [0.25, 0.3) is 0 Å². The first-order valence-electron chi connectivity index (χ1n) is 9.01. The van der Waals surface area contributed by atoms with Gasteiger partial charge in [0.05, 0.1) is 7.11 Å². The Labute approximate surface area is 159 Å². The minimum atomic E-state index is -0.581. The van der Waals surface area contributed by atoms with Crippen LogP contribution in [0.5, 0.6) is 0 Å². The third-order valence-corrected chi connectivity index (χ3v) is 4.10. The van der Waals surface area contributed by atoms with Crippen LogP contribution in [-0.4, -0.2) is 60.2 Å². The Morgan fingerprint density at radius 2 is 1.96 bits per heavy atom. The van der Waals surface area contributed by atoms with Gasteiger partial charge in [-0.05, 0) is 51.7 Å². The van der Waals surface area contributed by atoms with Crippen LogP contribution in [0.2, 0.25) is 0 Å². The van der Waals surface area contributed by atoms with Gasteiger partial charge in [0.25, 0.3) is 5.91 Å². The largest absolute Gasteiger partial charge is 0.464 e. The molecule has 1 aliphatic heterocycles. The van der Waals surface area contributed by atoms with Crippen LogP contribution in [0, 0.1) is 5.92 Å². The third kappa shape index (κ3) is 6.23. The summed E-state index contributed by atoms with van der Waals surface area (Å²) in [7, 11) is 1.27. The average Bonchev–Trinajstić information content (AvgIpc) is 2.64. The van der Waals surface area contributed by atoms with Crippen molar-refractivity contribution < 1.29 is 23.9 Å². The number of likely N-dealkylation sites (tertiary alicyclic amines) is 1. The number of rotatable bonds is 4. The molecule has 1 atom stereocenters. The molecule has 2 rings (SSSR count). The van der Waals surface area contributed by atoms with Gasteiger partial charge in [-0.2, -0.15) is 0 Å². The van der Waals surface area contributed by atoms with Gasteiger partial charge in [0.2, 0.25) is 0 Å². The zero-order valence-electron chi connectivity index (χ0n) is 16.3. The SMILES string of the molecule is COC(=O)c1cccc(C(=O)N2CCC[C@@H](CNC(=O)OC(C)(C)C)C2)n1. The molecule has 1 fully saturated rings. The standard InChI is InChI=1S/C19H27N3O5/c1-19(2,3)27-18(25)20-11-13-7-6-10-22(12-13)16(23)14-8-5-9-15(21-14)17(24)26-4/h5,8-9,13H,6-7,10-12H2,1-4H3,(H,20,25)/t13-/m0/s1. The molecule has 1 aromatic rings. The van der Waals surface area contributed by atoms with Gasteiger partial charge in [-0.3, -0.25) is 4.79 Å². The van der Waals surface area contributed by atoms with E-state index in [1.165, 1.54) is 13.2 Å². The van der Waals surface area contributed by atoms with E-state index in [9.17, 15) is 14.4 Å². The fourth-order valence-corrected chi connectivity index (χ4v) is 2.89. The van der Waals surface area contributed by atoms with Crippen molar-refractivity contribution >= 4 is 18.0 Å². The molecule has 0 aliphatic carbocycles. The van der Waals surface area contributed by atoms with Crippen molar-refractivity contribution in [2.75, 3.05) is 26.7 Å². The highest BCUT2D eigenvalue weighted by atomic mass is 16.6. The van der Waals surface area contributed by atoms with E-state index in [0.717, 1.165) is 12.8 Å². The van der Waals surface area contributed by atoms with Gasteiger partial charge in [0.15, 0.2) is 0 Å². The lowest BCUT2D eigenvalue weighted by atomic mass is 9.97. The van der Waals surface area contributed by atoms with Crippen molar-refractivity contribution in [3.8, 4) is 0 Å². The number of hydrogen-bond donors (Lipinski definition) is 1. The van der Waals surface area contributed by atoms with Gasteiger partial charge < -0.3 is 19.7 Å². The number of nitrogens with zero attached hydrogens (tertiary/aromatic N) is 2. The molecule has 2 amide bonds. The number of ether oxygens (including phenoxy) is 2. The highest BCUT2D eigenvalue weighted by Gasteiger charge is 2.26. The maximum absolute atomic E-state index is 12.7. The maximum Gasteiger partial charge on any atom is 0.407 e. The van der Waals surface area contributed by atoms with E-state index in [2.05, 4.69) is 15.0 Å². The van der Waals surface area contributed by atoms with E-state index in [1.807, 2.05) is 20.8 Å². The summed E-state index contributed by atoms with van der Waals surface area (Å²) in [6.45, 7) is 6.99.